The third-order valence-electron chi connectivity index (χ3n) is 4.24. The fourth-order valence-corrected chi connectivity index (χ4v) is 2.92. The largest absolute Gasteiger partial charge is 0.468 e. The highest BCUT2D eigenvalue weighted by Gasteiger charge is 2.20. The van der Waals surface area contributed by atoms with Crippen LogP contribution in [0, 0.1) is 0 Å². The van der Waals surface area contributed by atoms with Crippen molar-refractivity contribution < 1.29 is 14.0 Å². The van der Waals surface area contributed by atoms with E-state index in [9.17, 15) is 9.59 Å². The number of hydrogen-bond donors (Lipinski definition) is 2. The van der Waals surface area contributed by atoms with Gasteiger partial charge in [0.1, 0.15) is 5.76 Å². The second-order valence-electron chi connectivity index (χ2n) is 6.12. The molecule has 1 aromatic heterocycles. The van der Waals surface area contributed by atoms with Gasteiger partial charge in [0.15, 0.2) is 5.78 Å². The van der Waals surface area contributed by atoms with E-state index in [2.05, 4.69) is 10.6 Å². The van der Waals surface area contributed by atoms with Gasteiger partial charge in [0, 0.05) is 24.2 Å². The van der Waals surface area contributed by atoms with Crippen molar-refractivity contribution in [1.29, 1.82) is 0 Å². The van der Waals surface area contributed by atoms with Crippen molar-refractivity contribution in [3.8, 4) is 0 Å². The summed E-state index contributed by atoms with van der Waals surface area (Å²) in [6.45, 7) is 0.426. The number of Topliss-reactive ketones (excluding diaryl/α,β-unsaturated/α-hetero) is 1. The molecule has 1 unspecified atom stereocenters. The molecule has 0 aliphatic heterocycles. The van der Waals surface area contributed by atoms with Crippen LogP contribution >= 0.6 is 0 Å². The van der Waals surface area contributed by atoms with E-state index in [-0.39, 0.29) is 17.9 Å². The number of urea groups is 1. The normalized spacial score (nSPS) is 14.5. The van der Waals surface area contributed by atoms with Crippen molar-refractivity contribution in [3.63, 3.8) is 0 Å². The molecule has 0 bridgehead atoms. The van der Waals surface area contributed by atoms with Crippen LogP contribution in [0.2, 0.25) is 0 Å². The predicted octanol–water partition coefficient (Wildman–Crippen LogP) is 2.83. The van der Waals surface area contributed by atoms with Crippen molar-refractivity contribution >= 4 is 17.5 Å². The van der Waals surface area contributed by atoms with E-state index in [0.717, 1.165) is 23.3 Å². The summed E-state index contributed by atoms with van der Waals surface area (Å²) in [6.07, 6.45) is 2.92. The smallest absolute Gasteiger partial charge is 0.319 e. The molecule has 2 amide bonds. The Bertz CT molecular complexity index is 738. The van der Waals surface area contributed by atoms with Crippen molar-refractivity contribution in [1.82, 2.24) is 10.2 Å². The molecule has 0 fully saturated rings. The van der Waals surface area contributed by atoms with Crippen LogP contribution < -0.4 is 10.6 Å². The molecule has 1 aliphatic carbocycles. The van der Waals surface area contributed by atoms with Gasteiger partial charge in [-0.25, -0.2) is 4.79 Å². The van der Waals surface area contributed by atoms with E-state index < -0.39 is 0 Å². The standard InChI is InChI=1S/C18H21N3O3/c1-21(2)15(17-4-3-9-24-17)11-19-18(23)20-13-6-7-14-12(10-13)5-8-16(14)22/h3-4,6-7,9-10,15H,5,8,11H2,1-2H3,(H2,19,20,23). The molecule has 0 saturated heterocycles. The Labute approximate surface area is 140 Å². The molecule has 24 heavy (non-hydrogen) atoms. The Balaban J connectivity index is 1.59. The minimum Gasteiger partial charge on any atom is -0.468 e. The minimum atomic E-state index is -0.280. The molecular formula is C18H21N3O3. The first-order valence-electron chi connectivity index (χ1n) is 7.95. The Hall–Kier alpha value is -2.60. The molecule has 0 saturated carbocycles. The van der Waals surface area contributed by atoms with E-state index in [4.69, 9.17) is 4.42 Å². The number of carbonyl (C=O) groups excluding carboxylic acids is 2. The first-order valence-corrected chi connectivity index (χ1v) is 7.95. The number of benzene rings is 1. The van der Waals surface area contributed by atoms with Crippen LogP contribution in [0.1, 0.15) is 34.1 Å². The first kappa shape index (κ1) is 16.3. The number of likely N-dealkylation sites (N-methyl/N-ethyl adjacent to an activating group) is 1. The molecule has 126 valence electrons. The zero-order chi connectivity index (χ0) is 17.1. The van der Waals surface area contributed by atoms with E-state index in [1.807, 2.05) is 37.2 Å². The fourth-order valence-electron chi connectivity index (χ4n) is 2.92. The summed E-state index contributed by atoms with van der Waals surface area (Å²) < 4.78 is 5.42. The summed E-state index contributed by atoms with van der Waals surface area (Å²) in [7, 11) is 3.87. The number of aryl methyl sites for hydroxylation is 1. The van der Waals surface area contributed by atoms with Crippen LogP contribution in [0.4, 0.5) is 10.5 Å². The van der Waals surface area contributed by atoms with Gasteiger partial charge in [-0.2, -0.15) is 0 Å². The lowest BCUT2D eigenvalue weighted by Crippen LogP contribution is -2.36. The number of hydrogen-bond acceptors (Lipinski definition) is 4. The Morgan fingerprint density at radius 1 is 1.29 bits per heavy atom. The maximum atomic E-state index is 12.1. The lowest BCUT2D eigenvalue weighted by molar-refractivity contribution is 0.0994. The number of rotatable bonds is 5. The molecule has 1 atom stereocenters. The molecule has 6 heteroatoms. The van der Waals surface area contributed by atoms with Gasteiger partial charge in [-0.3, -0.25) is 9.69 Å². The van der Waals surface area contributed by atoms with E-state index in [1.165, 1.54) is 0 Å². The number of anilines is 1. The van der Waals surface area contributed by atoms with E-state index in [1.54, 1.807) is 18.4 Å². The summed E-state index contributed by atoms with van der Waals surface area (Å²) in [5.74, 6) is 0.976. The van der Waals surface area contributed by atoms with Crippen molar-refractivity contribution in [3.05, 3.63) is 53.5 Å². The van der Waals surface area contributed by atoms with Crippen LogP contribution in [-0.4, -0.2) is 37.4 Å². The zero-order valence-electron chi connectivity index (χ0n) is 13.8. The molecule has 0 spiro atoms. The third-order valence-corrected chi connectivity index (χ3v) is 4.24. The number of carbonyl (C=O) groups is 2. The highest BCUT2D eigenvalue weighted by Crippen LogP contribution is 2.25. The number of ketones is 1. The average molecular weight is 327 g/mol. The molecule has 3 rings (SSSR count). The SMILES string of the molecule is CN(C)C(CNC(=O)Nc1ccc2c(c1)CCC2=O)c1ccco1. The van der Waals surface area contributed by atoms with E-state index in [0.29, 0.717) is 18.7 Å². The van der Waals surface area contributed by atoms with Crippen LogP contribution in [0.5, 0.6) is 0 Å². The molecule has 1 aromatic carbocycles. The number of furan rings is 1. The summed E-state index contributed by atoms with van der Waals surface area (Å²) >= 11 is 0. The number of fused-ring (bicyclic) bond motifs is 1. The van der Waals surface area contributed by atoms with Crippen LogP contribution in [-0.2, 0) is 6.42 Å². The third kappa shape index (κ3) is 3.49. The molecule has 6 nitrogen and oxygen atoms in total. The maximum Gasteiger partial charge on any atom is 0.319 e. The van der Waals surface area contributed by atoms with Gasteiger partial charge in [0.2, 0.25) is 0 Å². The Morgan fingerprint density at radius 3 is 2.83 bits per heavy atom. The molecule has 1 aliphatic rings. The second-order valence-corrected chi connectivity index (χ2v) is 6.12. The van der Waals surface area contributed by atoms with Crippen molar-refractivity contribution in [2.24, 2.45) is 0 Å². The quantitative estimate of drug-likeness (QED) is 0.885. The molecule has 1 heterocycles. The van der Waals surface area contributed by atoms with Crippen molar-refractivity contribution in [2.75, 3.05) is 26.0 Å². The van der Waals surface area contributed by atoms with Crippen LogP contribution in [0.25, 0.3) is 0 Å². The summed E-state index contributed by atoms with van der Waals surface area (Å²) in [6, 6.07) is 8.82. The molecular weight excluding hydrogens is 306 g/mol. The highest BCUT2D eigenvalue weighted by atomic mass is 16.3. The Kier molecular flexibility index (Phi) is 4.66. The lowest BCUT2D eigenvalue weighted by atomic mass is 10.1. The van der Waals surface area contributed by atoms with Gasteiger partial charge >= 0.3 is 6.03 Å². The van der Waals surface area contributed by atoms with Gasteiger partial charge in [-0.1, -0.05) is 0 Å². The molecule has 2 aromatic rings. The average Bonchev–Trinajstić information content (AvgIpc) is 3.18. The maximum absolute atomic E-state index is 12.1. The van der Waals surface area contributed by atoms with E-state index >= 15 is 0 Å². The van der Waals surface area contributed by atoms with Crippen LogP contribution in [0.3, 0.4) is 0 Å². The predicted molar refractivity (Wildman–Crippen MR) is 91.3 cm³/mol. The summed E-state index contributed by atoms with van der Waals surface area (Å²) in [5, 5.41) is 5.67. The van der Waals surface area contributed by atoms with Gasteiger partial charge in [-0.05, 0) is 56.4 Å². The van der Waals surface area contributed by atoms with Gasteiger partial charge in [0.25, 0.3) is 0 Å². The summed E-state index contributed by atoms with van der Waals surface area (Å²) in [4.78, 5) is 25.8. The van der Waals surface area contributed by atoms with Gasteiger partial charge < -0.3 is 15.1 Å². The monoisotopic (exact) mass is 327 g/mol. The Morgan fingerprint density at radius 2 is 2.12 bits per heavy atom. The highest BCUT2D eigenvalue weighted by molar-refractivity contribution is 6.01. The lowest BCUT2D eigenvalue weighted by Gasteiger charge is -2.22. The number of nitrogens with zero attached hydrogens (tertiary/aromatic N) is 1. The number of nitrogens with one attached hydrogen (secondary N) is 2. The number of amides is 2. The van der Waals surface area contributed by atoms with Crippen LogP contribution in [0.15, 0.2) is 41.0 Å². The first-order chi connectivity index (χ1) is 11.5. The molecule has 0 radical (unpaired) electrons. The van der Waals surface area contributed by atoms with Gasteiger partial charge in [-0.15, -0.1) is 0 Å². The minimum absolute atomic E-state index is 0.0385. The zero-order valence-corrected chi connectivity index (χ0v) is 13.8. The second kappa shape index (κ2) is 6.88. The van der Waals surface area contributed by atoms with Crippen molar-refractivity contribution in [2.45, 2.75) is 18.9 Å². The molecule has 2 N–H and O–H groups in total. The fraction of sp³-hybridized carbons (Fsp3) is 0.333. The topological polar surface area (TPSA) is 74.6 Å². The summed E-state index contributed by atoms with van der Waals surface area (Å²) in [5.41, 5.74) is 2.46. The van der Waals surface area contributed by atoms with Gasteiger partial charge in [0.05, 0.1) is 12.3 Å².